The molecule has 1 aromatic rings. The van der Waals surface area contributed by atoms with Gasteiger partial charge in [-0.15, -0.1) is 0 Å². The van der Waals surface area contributed by atoms with E-state index in [0.717, 1.165) is 0 Å². The molecular weight excluding hydrogens is 284 g/mol. The summed E-state index contributed by atoms with van der Waals surface area (Å²) in [5.41, 5.74) is 4.65. The zero-order chi connectivity index (χ0) is 15.8. The van der Waals surface area contributed by atoms with Crippen LogP contribution in [0.25, 0.3) is 0 Å². The lowest BCUT2D eigenvalue weighted by molar-refractivity contribution is -0.925. The minimum Gasteiger partial charge on any atom is -0.396 e. The van der Waals surface area contributed by atoms with Crippen LogP contribution in [-0.4, -0.2) is 48.4 Å². The lowest BCUT2D eigenvalue weighted by Crippen LogP contribution is -2.67. The summed E-state index contributed by atoms with van der Waals surface area (Å²) in [5, 5.41) is 14.1. The molecule has 0 aromatic heterocycles. The number of quaternary nitrogens is 1. The number of piperidine rings is 1. The number of benzene rings is 1. The Kier molecular flexibility index (Phi) is 2.69. The topological polar surface area (TPSA) is 32.3 Å². The van der Waals surface area contributed by atoms with Crippen molar-refractivity contribution in [1.82, 2.24) is 0 Å². The molecule has 3 fully saturated rings. The number of allylic oxidation sites excluding steroid dienone is 1. The van der Waals surface area contributed by atoms with Crippen LogP contribution >= 0.6 is 0 Å². The Labute approximate surface area is 138 Å². The van der Waals surface area contributed by atoms with E-state index in [-0.39, 0.29) is 5.41 Å². The molecule has 2 saturated heterocycles. The summed E-state index contributed by atoms with van der Waals surface area (Å²) >= 11 is 0. The van der Waals surface area contributed by atoms with Crippen LogP contribution in [0.4, 0.5) is 5.69 Å². The summed E-state index contributed by atoms with van der Waals surface area (Å²) < 4.78 is 1.20. The van der Waals surface area contributed by atoms with Crippen LogP contribution in [0.1, 0.15) is 25.3 Å². The molecule has 0 unspecified atom stereocenters. The molecular formula is C20H27N2O+. The van der Waals surface area contributed by atoms with Crippen molar-refractivity contribution in [1.29, 1.82) is 0 Å². The summed E-state index contributed by atoms with van der Waals surface area (Å²) in [7, 11) is 2.47. The predicted molar refractivity (Wildman–Crippen MR) is 92.3 cm³/mol. The third-order valence-electron chi connectivity index (χ3n) is 7.70. The maximum Gasteiger partial charge on any atom is 0.102 e. The van der Waals surface area contributed by atoms with Crippen LogP contribution in [-0.2, 0) is 5.41 Å². The lowest BCUT2D eigenvalue weighted by atomic mass is 9.55. The van der Waals surface area contributed by atoms with Crippen molar-refractivity contribution in [2.45, 2.75) is 37.3 Å². The molecule has 5 rings (SSSR count). The van der Waals surface area contributed by atoms with Crippen molar-refractivity contribution in [3.8, 4) is 0 Å². The van der Waals surface area contributed by atoms with Crippen LogP contribution < -0.4 is 5.32 Å². The highest BCUT2D eigenvalue weighted by atomic mass is 16.3. The van der Waals surface area contributed by atoms with Crippen LogP contribution in [0.2, 0.25) is 0 Å². The van der Waals surface area contributed by atoms with Gasteiger partial charge in [0.15, 0.2) is 0 Å². The maximum absolute atomic E-state index is 10.3. The highest BCUT2D eigenvalue weighted by Gasteiger charge is 2.70. The van der Waals surface area contributed by atoms with Gasteiger partial charge in [-0.25, -0.2) is 0 Å². The van der Waals surface area contributed by atoms with Gasteiger partial charge in [0.2, 0.25) is 0 Å². The van der Waals surface area contributed by atoms with Gasteiger partial charge < -0.3 is 14.9 Å². The summed E-state index contributed by atoms with van der Waals surface area (Å²) in [6, 6.07) is 10.0. The van der Waals surface area contributed by atoms with E-state index in [1.54, 1.807) is 5.57 Å². The Morgan fingerprint density at radius 2 is 2.22 bits per heavy atom. The second-order valence-corrected chi connectivity index (χ2v) is 8.39. The first-order valence-corrected chi connectivity index (χ1v) is 9.10. The Bertz CT molecular complexity index is 699. The number of aliphatic hydroxyl groups excluding tert-OH is 1. The Balaban J connectivity index is 1.74. The first-order valence-electron chi connectivity index (χ1n) is 9.10. The number of anilines is 1. The summed E-state index contributed by atoms with van der Waals surface area (Å²) in [5.74, 6) is 0.899. The van der Waals surface area contributed by atoms with Gasteiger partial charge in [0.05, 0.1) is 19.0 Å². The summed E-state index contributed by atoms with van der Waals surface area (Å²) in [6.07, 6.45) is 4.83. The molecule has 3 heteroatoms. The number of rotatable bonds is 1. The average Bonchev–Trinajstić information content (AvgIpc) is 3.08. The third-order valence-corrected chi connectivity index (χ3v) is 7.70. The molecule has 1 saturated carbocycles. The Morgan fingerprint density at radius 3 is 3.00 bits per heavy atom. The average molecular weight is 311 g/mol. The van der Waals surface area contributed by atoms with Gasteiger partial charge in [-0.1, -0.05) is 24.3 Å². The number of aliphatic hydroxyl groups is 1. The van der Waals surface area contributed by atoms with Gasteiger partial charge in [0.25, 0.3) is 0 Å². The molecule has 3 nitrogen and oxygen atoms in total. The van der Waals surface area contributed by atoms with Crippen LogP contribution in [0, 0.1) is 11.8 Å². The fourth-order valence-electron chi connectivity index (χ4n) is 6.76. The third kappa shape index (κ3) is 1.49. The van der Waals surface area contributed by atoms with E-state index in [4.69, 9.17) is 0 Å². The van der Waals surface area contributed by atoms with Crippen LogP contribution in [0.15, 0.2) is 35.9 Å². The van der Waals surface area contributed by atoms with Gasteiger partial charge >= 0.3 is 0 Å². The SMILES string of the molecule is C/C=C1\C[N@@+]2(C)CC[C@]34c5ccccc5N[C@H]3[C@H](CO)[C@H]1C[C@H]42. The second kappa shape index (κ2) is 4.40. The van der Waals surface area contributed by atoms with Crippen molar-refractivity contribution in [2.24, 2.45) is 11.8 Å². The van der Waals surface area contributed by atoms with Gasteiger partial charge in [0.1, 0.15) is 12.6 Å². The van der Waals surface area contributed by atoms with Gasteiger partial charge in [0, 0.05) is 37.1 Å². The number of nitrogens with one attached hydrogen (secondary N) is 1. The van der Waals surface area contributed by atoms with E-state index >= 15 is 0 Å². The summed E-state index contributed by atoms with van der Waals surface area (Å²) in [4.78, 5) is 0. The molecule has 1 aromatic carbocycles. The van der Waals surface area contributed by atoms with Gasteiger partial charge in [-0.3, -0.25) is 0 Å². The van der Waals surface area contributed by atoms with Crippen molar-refractivity contribution in [3.63, 3.8) is 0 Å². The minimum absolute atomic E-state index is 0.231. The normalized spacial score (nSPS) is 48.0. The molecule has 2 bridgehead atoms. The zero-order valence-electron chi connectivity index (χ0n) is 14.1. The first-order chi connectivity index (χ1) is 11.1. The standard InChI is InChI=1S/C20H27N2O/c1-3-13-11-22(2)9-8-20-16-6-4-5-7-17(16)21-19(20)15(12-23)14(13)10-18(20)22/h3-7,14-15,18-19,21,23H,8-12H2,1-2H3/q+1/b13-3+/t14-,15+,18+,19-,20+,22+/m0/s1. The molecule has 2 N–H and O–H groups in total. The van der Waals surface area contributed by atoms with E-state index in [2.05, 4.69) is 49.6 Å². The molecule has 3 aliphatic heterocycles. The molecule has 0 amide bonds. The van der Waals surface area contributed by atoms with Crippen molar-refractivity contribution < 1.29 is 9.59 Å². The second-order valence-electron chi connectivity index (χ2n) is 8.39. The van der Waals surface area contributed by atoms with Gasteiger partial charge in [-0.05, 0) is 30.0 Å². The number of para-hydroxylation sites is 1. The smallest absolute Gasteiger partial charge is 0.102 e. The van der Waals surface area contributed by atoms with Crippen LogP contribution in [0.3, 0.4) is 0 Å². The quantitative estimate of drug-likeness (QED) is 0.617. The maximum atomic E-state index is 10.3. The predicted octanol–water partition coefficient (Wildman–Crippen LogP) is 2.53. The molecule has 122 valence electrons. The monoisotopic (exact) mass is 311 g/mol. The lowest BCUT2D eigenvalue weighted by Gasteiger charge is -2.56. The van der Waals surface area contributed by atoms with Crippen molar-refractivity contribution >= 4 is 5.69 Å². The molecule has 4 aliphatic rings. The molecule has 23 heavy (non-hydrogen) atoms. The number of nitrogens with zero attached hydrogens (tertiary/aromatic N) is 1. The molecule has 1 aliphatic carbocycles. The van der Waals surface area contributed by atoms with E-state index < -0.39 is 0 Å². The van der Waals surface area contributed by atoms with Crippen molar-refractivity contribution in [3.05, 3.63) is 41.5 Å². The van der Waals surface area contributed by atoms with E-state index in [1.807, 2.05) is 0 Å². The van der Waals surface area contributed by atoms with E-state index in [1.165, 1.54) is 41.7 Å². The fourth-order valence-corrected chi connectivity index (χ4v) is 6.76. The first kappa shape index (κ1) is 14.1. The van der Waals surface area contributed by atoms with Gasteiger partial charge in [-0.2, -0.15) is 0 Å². The Morgan fingerprint density at radius 1 is 1.39 bits per heavy atom. The highest BCUT2D eigenvalue weighted by molar-refractivity contribution is 5.64. The summed E-state index contributed by atoms with van der Waals surface area (Å²) in [6.45, 7) is 4.93. The number of hydrogen-bond acceptors (Lipinski definition) is 2. The van der Waals surface area contributed by atoms with Crippen LogP contribution in [0.5, 0.6) is 0 Å². The Hall–Kier alpha value is -1.32. The molecule has 0 radical (unpaired) electrons. The molecule has 6 atom stereocenters. The number of hydrogen-bond donors (Lipinski definition) is 2. The number of fused-ring (bicyclic) bond motifs is 2. The number of likely N-dealkylation sites (N-methyl/N-ethyl adjacent to an activating group) is 1. The zero-order valence-corrected chi connectivity index (χ0v) is 14.1. The minimum atomic E-state index is 0.231. The van der Waals surface area contributed by atoms with E-state index in [0.29, 0.717) is 30.5 Å². The molecule has 3 heterocycles. The molecule has 1 spiro atoms. The fraction of sp³-hybridized carbons (Fsp3) is 0.600. The van der Waals surface area contributed by atoms with Crippen molar-refractivity contribution in [2.75, 3.05) is 32.1 Å². The largest absolute Gasteiger partial charge is 0.396 e. The highest BCUT2D eigenvalue weighted by Crippen LogP contribution is 2.62. The van der Waals surface area contributed by atoms with E-state index in [9.17, 15) is 5.11 Å².